The van der Waals surface area contributed by atoms with Gasteiger partial charge in [-0.15, -0.1) is 0 Å². The topological polar surface area (TPSA) is 41.5 Å². The molecule has 1 amide bonds. The molecule has 114 valence electrons. The highest BCUT2D eigenvalue weighted by atomic mass is 35.5. The molecule has 0 aliphatic rings. The number of hydrogen-bond donors (Lipinski definition) is 1. The Morgan fingerprint density at radius 3 is 2.57 bits per heavy atom. The van der Waals surface area contributed by atoms with Gasteiger partial charge in [0.15, 0.2) is 0 Å². The highest BCUT2D eigenvalue weighted by Gasteiger charge is 2.05. The molecular formula is C18H12Cl2N2O. The lowest BCUT2D eigenvalue weighted by molar-refractivity contribution is 0.0955. The molecule has 0 aliphatic heterocycles. The summed E-state index contributed by atoms with van der Waals surface area (Å²) in [6.45, 7) is 0. The Labute approximate surface area is 143 Å². The molecule has 23 heavy (non-hydrogen) atoms. The van der Waals surface area contributed by atoms with Crippen LogP contribution in [0.3, 0.4) is 0 Å². The van der Waals surface area contributed by atoms with Crippen molar-refractivity contribution in [3.63, 3.8) is 0 Å². The standard InChI is InChI=1S/C18H12Cl2N2O/c19-16-7-3-6-15(17(16)20)11-21-22-18(23)14-9-8-12-4-1-2-5-13(12)10-14/h1-11H,(H,22,23)/b21-11-. The third kappa shape index (κ3) is 3.52. The fourth-order valence-corrected chi connectivity index (χ4v) is 2.53. The van der Waals surface area contributed by atoms with Crippen LogP contribution in [-0.4, -0.2) is 12.1 Å². The average molecular weight is 343 g/mol. The number of carbonyl (C=O) groups is 1. The van der Waals surface area contributed by atoms with Crippen molar-refractivity contribution >= 4 is 46.1 Å². The van der Waals surface area contributed by atoms with Crippen molar-refractivity contribution < 1.29 is 4.79 Å². The van der Waals surface area contributed by atoms with Crippen molar-refractivity contribution in [2.45, 2.75) is 0 Å². The minimum atomic E-state index is -0.287. The zero-order chi connectivity index (χ0) is 16.2. The van der Waals surface area contributed by atoms with Gasteiger partial charge in [0, 0.05) is 11.1 Å². The predicted molar refractivity (Wildman–Crippen MR) is 95.5 cm³/mol. The maximum absolute atomic E-state index is 12.1. The van der Waals surface area contributed by atoms with Crippen LogP contribution in [0.1, 0.15) is 15.9 Å². The first-order chi connectivity index (χ1) is 11.1. The van der Waals surface area contributed by atoms with Gasteiger partial charge in [0.1, 0.15) is 0 Å². The lowest BCUT2D eigenvalue weighted by Gasteiger charge is -2.03. The Bertz CT molecular complexity index is 906. The summed E-state index contributed by atoms with van der Waals surface area (Å²) in [5.41, 5.74) is 3.66. The minimum Gasteiger partial charge on any atom is -0.267 e. The van der Waals surface area contributed by atoms with Crippen molar-refractivity contribution in [3.8, 4) is 0 Å². The molecule has 5 heteroatoms. The van der Waals surface area contributed by atoms with Crippen LogP contribution in [0.2, 0.25) is 10.0 Å². The first-order valence-corrected chi connectivity index (χ1v) is 7.67. The van der Waals surface area contributed by atoms with Crippen LogP contribution in [0.25, 0.3) is 10.8 Å². The Morgan fingerprint density at radius 2 is 1.74 bits per heavy atom. The van der Waals surface area contributed by atoms with E-state index in [1.165, 1.54) is 6.21 Å². The highest BCUT2D eigenvalue weighted by Crippen LogP contribution is 2.24. The molecule has 3 aromatic rings. The summed E-state index contributed by atoms with van der Waals surface area (Å²) in [6, 6.07) is 18.6. The highest BCUT2D eigenvalue weighted by molar-refractivity contribution is 6.43. The van der Waals surface area contributed by atoms with Gasteiger partial charge in [0.05, 0.1) is 16.3 Å². The number of halogens is 2. The van der Waals surface area contributed by atoms with Crippen LogP contribution in [0, 0.1) is 0 Å². The van der Waals surface area contributed by atoms with E-state index in [9.17, 15) is 4.79 Å². The van der Waals surface area contributed by atoms with Crippen LogP contribution < -0.4 is 5.43 Å². The van der Waals surface area contributed by atoms with Crippen molar-refractivity contribution in [3.05, 3.63) is 81.8 Å². The average Bonchev–Trinajstić information content (AvgIpc) is 2.58. The molecule has 1 N–H and O–H groups in total. The van der Waals surface area contributed by atoms with Crippen LogP contribution in [0.4, 0.5) is 0 Å². The molecule has 0 heterocycles. The molecule has 0 atom stereocenters. The molecule has 0 fully saturated rings. The second-order valence-electron chi connectivity index (χ2n) is 4.90. The number of amides is 1. The fourth-order valence-electron chi connectivity index (χ4n) is 2.18. The van der Waals surface area contributed by atoms with E-state index < -0.39 is 0 Å². The summed E-state index contributed by atoms with van der Waals surface area (Å²) in [7, 11) is 0. The molecular weight excluding hydrogens is 331 g/mol. The van der Waals surface area contributed by atoms with Gasteiger partial charge in [-0.25, -0.2) is 5.43 Å². The van der Waals surface area contributed by atoms with E-state index in [2.05, 4.69) is 10.5 Å². The zero-order valence-corrected chi connectivity index (χ0v) is 13.5. The molecule has 0 spiro atoms. The second-order valence-corrected chi connectivity index (χ2v) is 5.69. The summed E-state index contributed by atoms with van der Waals surface area (Å²) in [6.07, 6.45) is 1.47. The molecule has 0 aliphatic carbocycles. The van der Waals surface area contributed by atoms with Crippen molar-refractivity contribution in [1.29, 1.82) is 0 Å². The maximum atomic E-state index is 12.1. The number of hydrogen-bond acceptors (Lipinski definition) is 2. The van der Waals surface area contributed by atoms with E-state index in [1.807, 2.05) is 36.4 Å². The van der Waals surface area contributed by atoms with Crippen LogP contribution in [0.15, 0.2) is 65.8 Å². The zero-order valence-electron chi connectivity index (χ0n) is 12.0. The third-order valence-electron chi connectivity index (χ3n) is 3.36. The van der Waals surface area contributed by atoms with E-state index in [1.54, 1.807) is 24.3 Å². The first kappa shape index (κ1) is 15.5. The Hall–Kier alpha value is -2.36. The summed E-state index contributed by atoms with van der Waals surface area (Å²) in [5.74, 6) is -0.287. The third-order valence-corrected chi connectivity index (χ3v) is 4.20. The van der Waals surface area contributed by atoms with Crippen molar-refractivity contribution in [2.24, 2.45) is 5.10 Å². The van der Waals surface area contributed by atoms with Gasteiger partial charge in [0.25, 0.3) is 5.91 Å². The molecule has 3 rings (SSSR count). The van der Waals surface area contributed by atoms with Gasteiger partial charge < -0.3 is 0 Å². The van der Waals surface area contributed by atoms with E-state index in [4.69, 9.17) is 23.2 Å². The minimum absolute atomic E-state index is 0.287. The number of carbonyl (C=O) groups excluding carboxylic acids is 1. The van der Waals surface area contributed by atoms with Gasteiger partial charge in [-0.3, -0.25) is 4.79 Å². The Morgan fingerprint density at radius 1 is 0.957 bits per heavy atom. The summed E-state index contributed by atoms with van der Waals surface area (Å²) in [4.78, 5) is 12.1. The van der Waals surface area contributed by atoms with Gasteiger partial charge in [-0.05, 0) is 29.0 Å². The van der Waals surface area contributed by atoms with E-state index in [-0.39, 0.29) is 5.91 Å². The number of nitrogens with one attached hydrogen (secondary N) is 1. The second kappa shape index (κ2) is 6.82. The summed E-state index contributed by atoms with van der Waals surface area (Å²) < 4.78 is 0. The largest absolute Gasteiger partial charge is 0.271 e. The predicted octanol–water partition coefficient (Wildman–Crippen LogP) is 4.91. The molecule has 0 saturated heterocycles. The van der Waals surface area contributed by atoms with Gasteiger partial charge in [-0.1, -0.05) is 65.7 Å². The smallest absolute Gasteiger partial charge is 0.267 e. The Balaban J connectivity index is 1.75. The van der Waals surface area contributed by atoms with Crippen LogP contribution >= 0.6 is 23.2 Å². The lowest BCUT2D eigenvalue weighted by atomic mass is 10.1. The van der Waals surface area contributed by atoms with E-state index in [0.717, 1.165) is 10.8 Å². The van der Waals surface area contributed by atoms with Crippen LogP contribution in [-0.2, 0) is 0 Å². The molecule has 0 unspecified atom stereocenters. The fraction of sp³-hybridized carbons (Fsp3) is 0. The number of fused-ring (bicyclic) bond motifs is 1. The summed E-state index contributed by atoms with van der Waals surface area (Å²) >= 11 is 12.0. The van der Waals surface area contributed by atoms with Gasteiger partial charge in [-0.2, -0.15) is 5.10 Å². The van der Waals surface area contributed by atoms with Crippen molar-refractivity contribution in [1.82, 2.24) is 5.43 Å². The molecule has 0 aromatic heterocycles. The van der Waals surface area contributed by atoms with E-state index >= 15 is 0 Å². The van der Waals surface area contributed by atoms with Crippen molar-refractivity contribution in [2.75, 3.05) is 0 Å². The molecule has 0 saturated carbocycles. The summed E-state index contributed by atoms with van der Waals surface area (Å²) in [5, 5.41) is 6.86. The monoisotopic (exact) mass is 342 g/mol. The maximum Gasteiger partial charge on any atom is 0.271 e. The SMILES string of the molecule is O=C(N/N=C\c1cccc(Cl)c1Cl)c1ccc2ccccc2c1. The van der Waals surface area contributed by atoms with Crippen LogP contribution in [0.5, 0.6) is 0 Å². The quantitative estimate of drug-likeness (QED) is 0.533. The number of nitrogens with zero attached hydrogens (tertiary/aromatic N) is 1. The molecule has 0 radical (unpaired) electrons. The Kier molecular flexibility index (Phi) is 4.60. The molecule has 0 bridgehead atoms. The molecule has 3 aromatic carbocycles. The number of benzene rings is 3. The number of hydrazone groups is 1. The lowest BCUT2D eigenvalue weighted by Crippen LogP contribution is -2.17. The normalized spacial score (nSPS) is 11.0. The van der Waals surface area contributed by atoms with E-state index in [0.29, 0.717) is 21.2 Å². The first-order valence-electron chi connectivity index (χ1n) is 6.91. The van der Waals surface area contributed by atoms with Gasteiger partial charge >= 0.3 is 0 Å². The number of rotatable bonds is 3. The van der Waals surface area contributed by atoms with Gasteiger partial charge in [0.2, 0.25) is 0 Å². The molecule has 3 nitrogen and oxygen atoms in total.